The smallest absolute Gasteiger partial charge is 0.392 e. The van der Waals surface area contributed by atoms with Gasteiger partial charge in [-0.2, -0.15) is 13.2 Å². The fourth-order valence-corrected chi connectivity index (χ4v) is 3.42. The second kappa shape index (κ2) is 7.75. The lowest BCUT2D eigenvalue weighted by atomic mass is 9.97. The lowest BCUT2D eigenvalue weighted by Gasteiger charge is -2.25. The average molecular weight is 469 g/mol. The molecule has 1 N–H and O–H groups in total. The van der Waals surface area contributed by atoms with E-state index < -0.39 is 17.4 Å². The predicted molar refractivity (Wildman–Crippen MR) is 102 cm³/mol. The summed E-state index contributed by atoms with van der Waals surface area (Å²) in [5.74, 6) is 0. The fraction of sp³-hybridized carbons (Fsp3) is 0.222. The second-order valence-corrected chi connectivity index (χ2v) is 7.52. The Morgan fingerprint density at radius 2 is 1.62 bits per heavy atom. The van der Waals surface area contributed by atoms with Crippen LogP contribution >= 0.6 is 34.8 Å². The molecule has 4 nitrogen and oxygen atoms in total. The molecule has 3 aromatic rings. The van der Waals surface area contributed by atoms with Crippen molar-refractivity contribution in [2.24, 2.45) is 0 Å². The number of halogens is 7. The maximum absolute atomic E-state index is 14.2. The first kappa shape index (κ1) is 21.8. The molecule has 0 bridgehead atoms. The predicted octanol–water partition coefficient (Wildman–Crippen LogP) is 6.13. The van der Waals surface area contributed by atoms with Crippen molar-refractivity contribution in [3.63, 3.8) is 0 Å². The van der Waals surface area contributed by atoms with Crippen LogP contribution in [0.15, 0.2) is 36.5 Å². The van der Waals surface area contributed by atoms with Gasteiger partial charge in [0, 0.05) is 16.1 Å². The summed E-state index contributed by atoms with van der Waals surface area (Å²) in [6, 6.07) is 6.55. The number of aliphatic hydroxyl groups excluding tert-OH is 1. The summed E-state index contributed by atoms with van der Waals surface area (Å²) in [7, 11) is 0. The van der Waals surface area contributed by atoms with Gasteiger partial charge in [0.15, 0.2) is 0 Å². The van der Waals surface area contributed by atoms with Gasteiger partial charge in [-0.15, -0.1) is 5.10 Å². The summed E-state index contributed by atoms with van der Waals surface area (Å²) in [4.78, 5) is 0. The zero-order valence-corrected chi connectivity index (χ0v) is 16.9. The minimum absolute atomic E-state index is 0.0464. The highest BCUT2D eigenvalue weighted by molar-refractivity contribution is 6.37. The van der Waals surface area contributed by atoms with E-state index >= 15 is 0 Å². The quantitative estimate of drug-likeness (QED) is 0.468. The van der Waals surface area contributed by atoms with E-state index in [2.05, 4.69) is 10.3 Å². The van der Waals surface area contributed by atoms with E-state index in [9.17, 15) is 22.7 Å². The summed E-state index contributed by atoms with van der Waals surface area (Å²) in [5.41, 5.74) is -2.87. The van der Waals surface area contributed by atoms with Gasteiger partial charge in [0.05, 0.1) is 22.8 Å². The molecular weight excluding hydrogens is 457 g/mol. The summed E-state index contributed by atoms with van der Waals surface area (Å²) in [6.07, 6.45) is -3.70. The van der Waals surface area contributed by atoms with Crippen molar-refractivity contribution in [2.45, 2.75) is 25.4 Å². The van der Waals surface area contributed by atoms with Gasteiger partial charge in [-0.1, -0.05) is 46.1 Å². The highest BCUT2D eigenvalue weighted by Crippen LogP contribution is 2.45. The third-order valence-electron chi connectivity index (χ3n) is 4.33. The van der Waals surface area contributed by atoms with E-state index in [0.717, 1.165) is 12.1 Å². The lowest BCUT2D eigenvalue weighted by molar-refractivity contribution is -0.228. The molecule has 0 aliphatic rings. The average Bonchev–Trinajstić information content (AvgIpc) is 3.10. The Bertz CT molecular complexity index is 1040. The number of hydrogen-bond acceptors (Lipinski definition) is 3. The molecule has 2 aromatic carbocycles. The third-order valence-corrected chi connectivity index (χ3v) is 5.27. The van der Waals surface area contributed by atoms with Crippen LogP contribution in [0.25, 0.3) is 16.9 Å². The molecule has 0 radical (unpaired) electrons. The van der Waals surface area contributed by atoms with Gasteiger partial charge in [0.25, 0.3) is 0 Å². The van der Waals surface area contributed by atoms with Crippen molar-refractivity contribution in [2.75, 3.05) is 0 Å². The molecule has 1 atom stereocenters. The molecule has 29 heavy (non-hydrogen) atoms. The fourth-order valence-electron chi connectivity index (χ4n) is 2.58. The maximum Gasteiger partial charge on any atom is 0.426 e. The highest BCUT2D eigenvalue weighted by Gasteiger charge is 2.53. The number of hydrogen-bond donors (Lipinski definition) is 1. The van der Waals surface area contributed by atoms with Crippen LogP contribution in [0.4, 0.5) is 17.6 Å². The Morgan fingerprint density at radius 3 is 2.17 bits per heavy atom. The SMILES string of the molecule is CC(F)(c1cc(Cl)c(-n2cc(-c3ccc(Cl)c(CO)c3)nn2)c(Cl)c1)C(F)(F)F. The molecule has 0 fully saturated rings. The first-order valence-corrected chi connectivity index (χ1v) is 9.16. The minimum Gasteiger partial charge on any atom is -0.392 e. The monoisotopic (exact) mass is 467 g/mol. The van der Waals surface area contributed by atoms with Crippen LogP contribution in [-0.2, 0) is 12.3 Å². The van der Waals surface area contributed by atoms with E-state index in [4.69, 9.17) is 34.8 Å². The Hall–Kier alpha value is -1.87. The summed E-state index contributed by atoms with van der Waals surface area (Å²) in [6.45, 7) is 0.114. The van der Waals surface area contributed by atoms with Crippen molar-refractivity contribution in [3.05, 3.63) is 62.7 Å². The van der Waals surface area contributed by atoms with Gasteiger partial charge >= 0.3 is 6.18 Å². The molecule has 0 spiro atoms. The largest absolute Gasteiger partial charge is 0.426 e. The van der Waals surface area contributed by atoms with E-state index in [1.165, 1.54) is 10.9 Å². The van der Waals surface area contributed by atoms with Gasteiger partial charge in [0.2, 0.25) is 5.67 Å². The Balaban J connectivity index is 2.03. The Kier molecular flexibility index (Phi) is 5.84. The zero-order chi connectivity index (χ0) is 21.6. The van der Waals surface area contributed by atoms with Crippen molar-refractivity contribution >= 4 is 34.8 Å². The molecule has 0 saturated heterocycles. The number of benzene rings is 2. The summed E-state index contributed by atoms with van der Waals surface area (Å²) in [5, 5.41) is 17.1. The van der Waals surface area contributed by atoms with Crippen LogP contribution in [0.5, 0.6) is 0 Å². The van der Waals surface area contributed by atoms with Gasteiger partial charge in [-0.3, -0.25) is 0 Å². The molecule has 0 saturated carbocycles. The van der Waals surface area contributed by atoms with Crippen molar-refractivity contribution < 1.29 is 22.7 Å². The Labute approximate surface area is 177 Å². The summed E-state index contributed by atoms with van der Waals surface area (Å²) < 4.78 is 54.3. The van der Waals surface area contributed by atoms with Crippen LogP contribution in [0.2, 0.25) is 15.1 Å². The summed E-state index contributed by atoms with van der Waals surface area (Å²) >= 11 is 18.1. The molecule has 1 aromatic heterocycles. The molecule has 3 rings (SSSR count). The topological polar surface area (TPSA) is 50.9 Å². The number of aromatic nitrogens is 3. The van der Waals surface area contributed by atoms with Gasteiger partial charge in [-0.25, -0.2) is 9.07 Å². The van der Waals surface area contributed by atoms with Gasteiger partial charge in [0.1, 0.15) is 11.4 Å². The second-order valence-electron chi connectivity index (χ2n) is 6.30. The van der Waals surface area contributed by atoms with Crippen molar-refractivity contribution in [1.82, 2.24) is 15.0 Å². The highest BCUT2D eigenvalue weighted by atomic mass is 35.5. The molecule has 0 aliphatic heterocycles. The van der Waals surface area contributed by atoms with Crippen LogP contribution < -0.4 is 0 Å². The number of rotatable bonds is 4. The van der Waals surface area contributed by atoms with E-state index in [1.54, 1.807) is 18.2 Å². The van der Waals surface area contributed by atoms with E-state index in [-0.39, 0.29) is 22.3 Å². The number of nitrogens with zero attached hydrogens (tertiary/aromatic N) is 3. The third kappa shape index (κ3) is 4.07. The zero-order valence-electron chi connectivity index (χ0n) is 14.6. The lowest BCUT2D eigenvalue weighted by Crippen LogP contribution is -2.35. The van der Waals surface area contributed by atoms with Gasteiger partial charge < -0.3 is 5.11 Å². The van der Waals surface area contributed by atoms with Crippen molar-refractivity contribution in [1.29, 1.82) is 0 Å². The first-order chi connectivity index (χ1) is 13.5. The number of alkyl halides is 4. The van der Waals surface area contributed by atoms with Crippen LogP contribution in [0, 0.1) is 0 Å². The maximum atomic E-state index is 14.2. The van der Waals surface area contributed by atoms with Crippen LogP contribution in [0.1, 0.15) is 18.1 Å². The van der Waals surface area contributed by atoms with Crippen molar-refractivity contribution in [3.8, 4) is 16.9 Å². The molecular formula is C18H12Cl3F4N3O. The Morgan fingerprint density at radius 1 is 1.00 bits per heavy atom. The molecule has 0 aliphatic carbocycles. The number of aliphatic hydroxyl groups is 1. The molecule has 154 valence electrons. The van der Waals surface area contributed by atoms with Crippen LogP contribution in [-0.4, -0.2) is 26.3 Å². The normalized spacial score (nSPS) is 14.1. The van der Waals surface area contributed by atoms with Gasteiger partial charge in [-0.05, 0) is 36.8 Å². The van der Waals surface area contributed by atoms with E-state index in [1.807, 2.05) is 0 Å². The molecule has 1 unspecified atom stereocenters. The van der Waals surface area contributed by atoms with Crippen LogP contribution in [0.3, 0.4) is 0 Å². The van der Waals surface area contributed by atoms with E-state index in [0.29, 0.717) is 28.8 Å². The first-order valence-electron chi connectivity index (χ1n) is 8.03. The molecule has 0 amide bonds. The molecule has 1 heterocycles. The molecule has 11 heteroatoms. The standard InChI is InChI=1S/C18H12Cl3F4N3O/c1-17(22,18(23,24)25)11-5-13(20)16(14(21)6-11)28-7-15(26-27-28)9-2-3-12(19)10(4-9)8-29/h2-7,29H,8H2,1H3. The minimum atomic E-state index is -5.14.